The minimum Gasteiger partial charge on any atom is -0.473 e. The molecule has 120 valence electrons. The highest BCUT2D eigenvalue weighted by Crippen LogP contribution is 2.41. The highest BCUT2D eigenvalue weighted by molar-refractivity contribution is 5.76. The molecule has 6 heteroatoms. The van der Waals surface area contributed by atoms with E-state index in [9.17, 15) is 0 Å². The van der Waals surface area contributed by atoms with Crippen molar-refractivity contribution in [3.8, 4) is 5.88 Å². The van der Waals surface area contributed by atoms with Crippen LogP contribution in [-0.2, 0) is 4.74 Å². The van der Waals surface area contributed by atoms with Crippen LogP contribution in [0.2, 0.25) is 0 Å². The molecule has 1 aliphatic rings. The quantitative estimate of drug-likeness (QED) is 0.868. The molecule has 1 fully saturated rings. The van der Waals surface area contributed by atoms with Crippen LogP contribution in [-0.4, -0.2) is 31.7 Å². The maximum absolute atomic E-state index is 6.23. The van der Waals surface area contributed by atoms with Gasteiger partial charge >= 0.3 is 0 Å². The van der Waals surface area contributed by atoms with Gasteiger partial charge in [-0.25, -0.2) is 9.97 Å². The van der Waals surface area contributed by atoms with Crippen molar-refractivity contribution in [1.29, 1.82) is 0 Å². The second kappa shape index (κ2) is 5.83. The summed E-state index contributed by atoms with van der Waals surface area (Å²) in [6.45, 7) is 10.6. The van der Waals surface area contributed by atoms with Gasteiger partial charge in [-0.3, -0.25) is 4.57 Å². The molecular weight excluding hydrogens is 280 g/mol. The van der Waals surface area contributed by atoms with E-state index in [4.69, 9.17) is 9.47 Å². The fourth-order valence-corrected chi connectivity index (χ4v) is 3.14. The molecule has 1 aliphatic heterocycles. The molecule has 6 nitrogen and oxygen atoms in total. The first-order valence-corrected chi connectivity index (χ1v) is 8.02. The molecule has 3 heterocycles. The zero-order valence-corrected chi connectivity index (χ0v) is 13.9. The van der Waals surface area contributed by atoms with Crippen molar-refractivity contribution < 1.29 is 9.47 Å². The first-order valence-electron chi connectivity index (χ1n) is 8.02. The van der Waals surface area contributed by atoms with Gasteiger partial charge in [-0.15, -0.1) is 0 Å². The van der Waals surface area contributed by atoms with Crippen molar-refractivity contribution in [3.05, 3.63) is 12.7 Å². The molecule has 0 radical (unpaired) electrons. The third-order valence-electron chi connectivity index (χ3n) is 4.53. The molecular formula is C16H24N4O2. The number of imidazole rings is 1. The number of nitrogens with zero attached hydrogens (tertiary/aromatic N) is 4. The highest BCUT2D eigenvalue weighted by Gasteiger charge is 2.39. The average Bonchev–Trinajstić information content (AvgIpc) is 3.02. The molecule has 0 N–H and O–H groups in total. The fraction of sp³-hybridized carbons (Fsp3) is 0.688. The molecule has 3 rings (SSSR count). The molecule has 0 bridgehead atoms. The Labute approximate surface area is 130 Å². The molecule has 0 saturated carbocycles. The van der Waals surface area contributed by atoms with Gasteiger partial charge in [0, 0.05) is 5.92 Å². The van der Waals surface area contributed by atoms with Crippen LogP contribution in [0.25, 0.3) is 11.2 Å². The van der Waals surface area contributed by atoms with Gasteiger partial charge < -0.3 is 9.47 Å². The van der Waals surface area contributed by atoms with E-state index in [-0.39, 0.29) is 18.4 Å². The van der Waals surface area contributed by atoms with Gasteiger partial charge in [0.15, 0.2) is 11.2 Å². The van der Waals surface area contributed by atoms with E-state index in [1.165, 1.54) is 6.33 Å². The summed E-state index contributed by atoms with van der Waals surface area (Å²) in [7, 11) is 0. The van der Waals surface area contributed by atoms with Gasteiger partial charge in [0.25, 0.3) is 0 Å². The minimum atomic E-state index is -0.0354. The van der Waals surface area contributed by atoms with Gasteiger partial charge in [0.1, 0.15) is 12.6 Å². The van der Waals surface area contributed by atoms with Crippen LogP contribution in [0, 0.1) is 11.8 Å². The van der Waals surface area contributed by atoms with E-state index >= 15 is 0 Å². The molecule has 1 unspecified atom stereocenters. The summed E-state index contributed by atoms with van der Waals surface area (Å²) in [5.74, 6) is 1.46. The predicted octanol–water partition coefficient (Wildman–Crippen LogP) is 3.19. The third kappa shape index (κ3) is 2.45. The zero-order chi connectivity index (χ0) is 15.9. The summed E-state index contributed by atoms with van der Waals surface area (Å²) in [4.78, 5) is 13.1. The summed E-state index contributed by atoms with van der Waals surface area (Å²) in [6, 6.07) is 0. The lowest BCUT2D eigenvalue weighted by Crippen LogP contribution is -2.15. The summed E-state index contributed by atoms with van der Waals surface area (Å²) in [5.41, 5.74) is 1.46. The summed E-state index contributed by atoms with van der Waals surface area (Å²) >= 11 is 0. The number of ether oxygens (including phenoxy) is 2. The maximum atomic E-state index is 6.23. The summed E-state index contributed by atoms with van der Waals surface area (Å²) in [6.07, 6.45) is 4.63. The molecule has 0 aliphatic carbocycles. The van der Waals surface area contributed by atoms with Crippen molar-refractivity contribution in [2.75, 3.05) is 0 Å². The van der Waals surface area contributed by atoms with E-state index in [1.54, 1.807) is 6.33 Å². The second-order valence-electron chi connectivity index (χ2n) is 6.36. The first-order chi connectivity index (χ1) is 10.5. The largest absolute Gasteiger partial charge is 0.473 e. The fourth-order valence-electron chi connectivity index (χ4n) is 3.14. The van der Waals surface area contributed by atoms with Crippen molar-refractivity contribution in [3.63, 3.8) is 0 Å². The SMILES string of the molecule is CC[C@H]1O[C@@H](n2cnc3c(OC(C)C)ncnc32)C(C)[C@H]1C. The number of fused-ring (bicyclic) bond motifs is 1. The topological polar surface area (TPSA) is 62.1 Å². The monoisotopic (exact) mass is 304 g/mol. The smallest absolute Gasteiger partial charge is 0.245 e. The van der Waals surface area contributed by atoms with Gasteiger partial charge in [-0.2, -0.15) is 4.98 Å². The Balaban J connectivity index is 1.99. The Bertz CT molecular complexity index is 655. The van der Waals surface area contributed by atoms with E-state index in [0.29, 0.717) is 23.2 Å². The van der Waals surface area contributed by atoms with Crippen LogP contribution in [0.1, 0.15) is 47.3 Å². The van der Waals surface area contributed by atoms with Crippen LogP contribution in [0.3, 0.4) is 0 Å². The Morgan fingerprint density at radius 1 is 1.23 bits per heavy atom. The van der Waals surface area contributed by atoms with Crippen LogP contribution in [0.5, 0.6) is 5.88 Å². The molecule has 2 aromatic rings. The normalized spacial score (nSPS) is 28.6. The van der Waals surface area contributed by atoms with E-state index in [2.05, 4.69) is 35.7 Å². The summed E-state index contributed by atoms with van der Waals surface area (Å²) in [5, 5.41) is 0. The average molecular weight is 304 g/mol. The molecule has 0 amide bonds. The Kier molecular flexibility index (Phi) is 4.04. The van der Waals surface area contributed by atoms with Crippen molar-refractivity contribution in [1.82, 2.24) is 19.5 Å². The van der Waals surface area contributed by atoms with Gasteiger partial charge in [0.05, 0.1) is 18.5 Å². The van der Waals surface area contributed by atoms with Crippen LogP contribution < -0.4 is 4.74 Å². The van der Waals surface area contributed by atoms with Gasteiger partial charge in [0.2, 0.25) is 5.88 Å². The Hall–Kier alpha value is -1.69. The second-order valence-corrected chi connectivity index (χ2v) is 6.36. The Morgan fingerprint density at radius 2 is 2.00 bits per heavy atom. The van der Waals surface area contributed by atoms with Crippen LogP contribution in [0.15, 0.2) is 12.7 Å². The molecule has 0 aromatic carbocycles. The van der Waals surface area contributed by atoms with Crippen molar-refractivity contribution >= 4 is 11.2 Å². The number of hydrogen-bond donors (Lipinski definition) is 0. The Morgan fingerprint density at radius 3 is 2.64 bits per heavy atom. The predicted molar refractivity (Wildman–Crippen MR) is 83.6 cm³/mol. The first kappa shape index (κ1) is 15.2. The highest BCUT2D eigenvalue weighted by atomic mass is 16.5. The number of hydrogen-bond acceptors (Lipinski definition) is 5. The molecule has 2 aromatic heterocycles. The molecule has 4 atom stereocenters. The zero-order valence-electron chi connectivity index (χ0n) is 13.9. The van der Waals surface area contributed by atoms with Crippen molar-refractivity contribution in [2.45, 2.75) is 59.5 Å². The lowest BCUT2D eigenvalue weighted by atomic mass is 9.91. The number of aromatic nitrogens is 4. The third-order valence-corrected chi connectivity index (χ3v) is 4.53. The molecule has 0 spiro atoms. The van der Waals surface area contributed by atoms with E-state index in [0.717, 1.165) is 12.1 Å². The van der Waals surface area contributed by atoms with Crippen molar-refractivity contribution in [2.24, 2.45) is 11.8 Å². The van der Waals surface area contributed by atoms with Crippen LogP contribution >= 0.6 is 0 Å². The lowest BCUT2D eigenvalue weighted by molar-refractivity contribution is -0.0120. The number of rotatable bonds is 4. The van der Waals surface area contributed by atoms with E-state index < -0.39 is 0 Å². The van der Waals surface area contributed by atoms with E-state index in [1.807, 2.05) is 18.4 Å². The van der Waals surface area contributed by atoms with Crippen LogP contribution in [0.4, 0.5) is 0 Å². The minimum absolute atomic E-state index is 0.0354. The summed E-state index contributed by atoms with van der Waals surface area (Å²) < 4.78 is 14.0. The standard InChI is InChI=1S/C16H24N4O2/c1-6-12-10(4)11(5)16(22-12)20-8-19-13-14(20)17-7-18-15(13)21-9(2)3/h7-12,16H,6H2,1-5H3/t10-,11?,12-,16-/m1/s1. The maximum Gasteiger partial charge on any atom is 0.245 e. The molecule has 22 heavy (non-hydrogen) atoms. The van der Waals surface area contributed by atoms with Gasteiger partial charge in [-0.05, 0) is 26.2 Å². The van der Waals surface area contributed by atoms with Gasteiger partial charge in [-0.1, -0.05) is 20.8 Å². The molecule has 1 saturated heterocycles. The lowest BCUT2D eigenvalue weighted by Gasteiger charge is -2.18.